The highest BCUT2D eigenvalue weighted by Crippen LogP contribution is 2.28. The highest BCUT2D eigenvalue weighted by atomic mass is 16.6. The van der Waals surface area contributed by atoms with Crippen LogP contribution in [0.5, 0.6) is 5.75 Å². The molecule has 1 aromatic rings. The maximum Gasteiger partial charge on any atom is 0.407 e. The van der Waals surface area contributed by atoms with Crippen molar-refractivity contribution in [2.45, 2.75) is 32.8 Å². The van der Waals surface area contributed by atoms with E-state index < -0.39 is 30.1 Å². The molecule has 1 aromatic carbocycles. The van der Waals surface area contributed by atoms with Crippen molar-refractivity contribution in [2.24, 2.45) is 0 Å². The van der Waals surface area contributed by atoms with Gasteiger partial charge in [-0.1, -0.05) is 0 Å². The van der Waals surface area contributed by atoms with E-state index in [1.54, 1.807) is 26.8 Å². The second kappa shape index (κ2) is 8.52. The number of amides is 2. The molecule has 0 fully saturated rings. The number of esters is 1. The third kappa shape index (κ3) is 6.61. The van der Waals surface area contributed by atoms with Crippen molar-refractivity contribution in [2.75, 3.05) is 25.1 Å². The Hall–Kier alpha value is -3.10. The van der Waals surface area contributed by atoms with Gasteiger partial charge in [-0.2, -0.15) is 0 Å². The van der Waals surface area contributed by atoms with Crippen LogP contribution in [-0.4, -0.2) is 49.1 Å². The van der Waals surface area contributed by atoms with Gasteiger partial charge in [0, 0.05) is 12.1 Å². The summed E-state index contributed by atoms with van der Waals surface area (Å²) in [5.41, 5.74) is 0.0420. The van der Waals surface area contributed by atoms with Crippen molar-refractivity contribution >= 4 is 29.4 Å². The van der Waals surface area contributed by atoms with Crippen LogP contribution in [-0.2, 0) is 19.1 Å². The number of rotatable bonds is 6. The summed E-state index contributed by atoms with van der Waals surface area (Å²) in [7, 11) is 0. The molecule has 1 aliphatic rings. The Labute approximate surface area is 156 Å². The van der Waals surface area contributed by atoms with Gasteiger partial charge in [0.25, 0.3) is 5.91 Å². The van der Waals surface area contributed by atoms with Crippen molar-refractivity contribution < 1.29 is 33.4 Å². The number of alkyl carbamates (subject to hydrolysis) is 1. The number of carbonyl (C=O) groups is 4. The topological polar surface area (TPSA) is 120 Å². The minimum Gasteiger partial charge on any atom is -0.482 e. The number of Topliss-reactive ketones (excluding diaryl/α,β-unsaturated/α-hetero) is 1. The molecule has 27 heavy (non-hydrogen) atoms. The fourth-order valence-electron chi connectivity index (χ4n) is 2.14. The van der Waals surface area contributed by atoms with Crippen LogP contribution in [0, 0.1) is 0 Å². The first kappa shape index (κ1) is 20.2. The molecule has 0 atom stereocenters. The van der Waals surface area contributed by atoms with Crippen LogP contribution in [0.15, 0.2) is 18.2 Å². The Kier molecular flexibility index (Phi) is 6.38. The highest BCUT2D eigenvalue weighted by Gasteiger charge is 2.19. The van der Waals surface area contributed by atoms with E-state index in [1.807, 2.05) is 0 Å². The number of nitrogens with one attached hydrogen (secondary N) is 2. The lowest BCUT2D eigenvalue weighted by Crippen LogP contribution is -2.33. The van der Waals surface area contributed by atoms with E-state index in [0.29, 0.717) is 11.4 Å². The number of hydrogen-bond donors (Lipinski definition) is 2. The first-order valence-corrected chi connectivity index (χ1v) is 8.36. The first-order chi connectivity index (χ1) is 12.6. The van der Waals surface area contributed by atoms with Gasteiger partial charge in [-0.25, -0.2) is 4.79 Å². The molecule has 9 heteroatoms. The van der Waals surface area contributed by atoms with Crippen LogP contribution in [0.1, 0.15) is 37.6 Å². The second-order valence-corrected chi connectivity index (χ2v) is 6.81. The molecule has 1 heterocycles. The summed E-state index contributed by atoms with van der Waals surface area (Å²) in [6.45, 7) is 4.69. The molecule has 9 nitrogen and oxygen atoms in total. The lowest BCUT2D eigenvalue weighted by Gasteiger charge is -2.19. The van der Waals surface area contributed by atoms with E-state index in [9.17, 15) is 19.2 Å². The molecule has 1 aliphatic heterocycles. The third-order valence-electron chi connectivity index (χ3n) is 3.30. The van der Waals surface area contributed by atoms with Gasteiger partial charge in [-0.3, -0.25) is 14.4 Å². The summed E-state index contributed by atoms with van der Waals surface area (Å²) in [5.74, 6) is -0.896. The van der Waals surface area contributed by atoms with Crippen LogP contribution >= 0.6 is 0 Å². The maximum atomic E-state index is 12.1. The number of carbonyl (C=O) groups excluding carboxylic acids is 4. The molecule has 0 saturated heterocycles. The molecular formula is C18H22N2O7. The van der Waals surface area contributed by atoms with E-state index >= 15 is 0 Å². The van der Waals surface area contributed by atoms with Gasteiger partial charge in [0.15, 0.2) is 19.0 Å². The molecule has 0 radical (unpaired) electrons. The summed E-state index contributed by atoms with van der Waals surface area (Å²) >= 11 is 0. The zero-order valence-corrected chi connectivity index (χ0v) is 15.4. The molecule has 0 spiro atoms. The molecule has 0 aliphatic carbocycles. The summed E-state index contributed by atoms with van der Waals surface area (Å²) < 4.78 is 15.1. The Morgan fingerprint density at radius 1 is 1.26 bits per heavy atom. The van der Waals surface area contributed by atoms with Crippen LogP contribution < -0.4 is 15.4 Å². The first-order valence-electron chi connectivity index (χ1n) is 8.36. The van der Waals surface area contributed by atoms with E-state index in [-0.39, 0.29) is 31.0 Å². The largest absolute Gasteiger partial charge is 0.482 e. The van der Waals surface area contributed by atoms with Crippen LogP contribution in [0.2, 0.25) is 0 Å². The minimum atomic E-state index is -0.635. The quantitative estimate of drug-likeness (QED) is 0.570. The van der Waals surface area contributed by atoms with Crippen molar-refractivity contribution in [3.8, 4) is 5.75 Å². The van der Waals surface area contributed by atoms with Gasteiger partial charge in [0.1, 0.15) is 11.4 Å². The fourth-order valence-corrected chi connectivity index (χ4v) is 2.14. The molecule has 0 saturated carbocycles. The van der Waals surface area contributed by atoms with Crippen molar-refractivity contribution in [1.29, 1.82) is 0 Å². The zero-order chi connectivity index (χ0) is 20.0. The van der Waals surface area contributed by atoms with Crippen LogP contribution in [0.3, 0.4) is 0 Å². The molecule has 0 aromatic heterocycles. The van der Waals surface area contributed by atoms with Crippen molar-refractivity contribution in [3.63, 3.8) is 0 Å². The van der Waals surface area contributed by atoms with E-state index in [1.165, 1.54) is 12.1 Å². The number of anilines is 1. The standard InChI is InChI=1S/C18H22N2O7/c1-18(2,3)27-17(24)19-7-6-16(23)26-9-13(21)11-4-5-14-12(8-11)20-15(22)10-25-14/h4-5,8H,6-7,9-10H2,1-3H3,(H,19,24)(H,20,22). The normalized spacial score (nSPS) is 12.9. The second-order valence-electron chi connectivity index (χ2n) is 6.81. The summed E-state index contributed by atoms with van der Waals surface area (Å²) in [4.78, 5) is 46.6. The smallest absolute Gasteiger partial charge is 0.407 e. The van der Waals surface area contributed by atoms with Crippen molar-refractivity contribution in [1.82, 2.24) is 5.32 Å². The summed E-state index contributed by atoms with van der Waals surface area (Å²) in [6, 6.07) is 4.55. The summed E-state index contributed by atoms with van der Waals surface area (Å²) in [6.07, 6.45) is -0.731. The van der Waals surface area contributed by atoms with Gasteiger partial charge in [0.05, 0.1) is 12.1 Å². The number of fused-ring (bicyclic) bond motifs is 1. The molecular weight excluding hydrogens is 356 g/mol. The molecule has 2 rings (SSSR count). The predicted molar refractivity (Wildman–Crippen MR) is 94.7 cm³/mol. The van der Waals surface area contributed by atoms with Crippen LogP contribution in [0.4, 0.5) is 10.5 Å². The average molecular weight is 378 g/mol. The lowest BCUT2D eigenvalue weighted by molar-refractivity contribution is -0.142. The van der Waals surface area contributed by atoms with Gasteiger partial charge >= 0.3 is 12.1 Å². The molecule has 146 valence electrons. The minimum absolute atomic E-state index is 0.0319. The van der Waals surface area contributed by atoms with Gasteiger partial charge in [-0.05, 0) is 39.0 Å². The highest BCUT2D eigenvalue weighted by molar-refractivity contribution is 6.01. The Bertz CT molecular complexity index is 753. The van der Waals surface area contributed by atoms with Crippen LogP contribution in [0.25, 0.3) is 0 Å². The molecule has 2 amide bonds. The van der Waals surface area contributed by atoms with Gasteiger partial charge in [-0.15, -0.1) is 0 Å². The van der Waals surface area contributed by atoms with E-state index in [4.69, 9.17) is 14.2 Å². The monoisotopic (exact) mass is 378 g/mol. The predicted octanol–water partition coefficient (Wildman–Crippen LogP) is 1.66. The SMILES string of the molecule is CC(C)(C)OC(=O)NCCC(=O)OCC(=O)c1ccc2c(c1)NC(=O)CO2. The molecule has 0 unspecified atom stereocenters. The average Bonchev–Trinajstić information content (AvgIpc) is 2.57. The number of ketones is 1. The fraction of sp³-hybridized carbons (Fsp3) is 0.444. The Morgan fingerprint density at radius 3 is 2.70 bits per heavy atom. The summed E-state index contributed by atoms with van der Waals surface area (Å²) in [5, 5.41) is 5.03. The van der Waals surface area contributed by atoms with Crippen molar-refractivity contribution in [3.05, 3.63) is 23.8 Å². The third-order valence-corrected chi connectivity index (χ3v) is 3.30. The van der Waals surface area contributed by atoms with E-state index in [2.05, 4.69) is 10.6 Å². The van der Waals surface area contributed by atoms with E-state index in [0.717, 1.165) is 0 Å². The van der Waals surface area contributed by atoms with Gasteiger partial charge < -0.3 is 24.8 Å². The number of benzene rings is 1. The number of hydrogen-bond acceptors (Lipinski definition) is 7. The Balaban J connectivity index is 1.75. The zero-order valence-electron chi connectivity index (χ0n) is 15.4. The maximum absolute atomic E-state index is 12.1. The molecule has 0 bridgehead atoms. The lowest BCUT2D eigenvalue weighted by atomic mass is 10.1. The number of ether oxygens (including phenoxy) is 3. The van der Waals surface area contributed by atoms with Gasteiger partial charge in [0.2, 0.25) is 0 Å². The molecule has 2 N–H and O–H groups in total. The Morgan fingerprint density at radius 2 is 2.00 bits per heavy atom.